The molecule has 0 bridgehead atoms. The van der Waals surface area contributed by atoms with Gasteiger partial charge >= 0.3 is 0 Å². The van der Waals surface area contributed by atoms with Crippen molar-refractivity contribution in [2.45, 2.75) is 20.4 Å². The van der Waals surface area contributed by atoms with Gasteiger partial charge in [-0.15, -0.1) is 0 Å². The average Bonchev–Trinajstić information content (AvgIpc) is 2.58. The van der Waals surface area contributed by atoms with E-state index in [4.69, 9.17) is 10.6 Å². The molecule has 0 aliphatic heterocycles. The van der Waals surface area contributed by atoms with E-state index in [-0.39, 0.29) is 0 Å². The Morgan fingerprint density at radius 2 is 2.24 bits per heavy atom. The van der Waals surface area contributed by atoms with Gasteiger partial charge in [-0.1, -0.05) is 6.92 Å². The molecule has 0 unspecified atom stereocenters. The Morgan fingerprint density at radius 3 is 2.76 bits per heavy atom. The summed E-state index contributed by atoms with van der Waals surface area (Å²) in [4.78, 5) is 2.30. The molecule has 1 heterocycles. The summed E-state index contributed by atoms with van der Waals surface area (Å²) >= 11 is 0. The molecule has 6 heteroatoms. The van der Waals surface area contributed by atoms with Crippen LogP contribution in [0.15, 0.2) is 0 Å². The minimum atomic E-state index is 0.735. The smallest absolute Gasteiger partial charge is 0.142 e. The molecule has 1 aromatic rings. The molecule has 0 saturated carbocycles. The second-order valence-corrected chi connectivity index (χ2v) is 4.04. The summed E-state index contributed by atoms with van der Waals surface area (Å²) < 4.78 is 6.87. The molecule has 3 N–H and O–H groups in total. The van der Waals surface area contributed by atoms with Crippen molar-refractivity contribution in [3.8, 4) is 0 Å². The van der Waals surface area contributed by atoms with Crippen molar-refractivity contribution in [1.29, 1.82) is 0 Å². The monoisotopic (exact) mass is 241 g/mol. The number of likely N-dealkylation sites (N-methyl/N-ethyl adjacent to an activating group) is 1. The van der Waals surface area contributed by atoms with E-state index in [0.717, 1.165) is 43.3 Å². The number of nitrogen functional groups attached to an aromatic ring is 1. The number of anilines is 1. The van der Waals surface area contributed by atoms with Crippen LogP contribution >= 0.6 is 0 Å². The summed E-state index contributed by atoms with van der Waals surface area (Å²) in [5.74, 6) is 6.40. The van der Waals surface area contributed by atoms with E-state index in [1.165, 1.54) is 0 Å². The Morgan fingerprint density at radius 1 is 1.53 bits per heavy atom. The Labute approximate surface area is 103 Å². The first-order chi connectivity index (χ1) is 8.13. The van der Waals surface area contributed by atoms with Gasteiger partial charge in [0.2, 0.25) is 0 Å². The fraction of sp³-hybridized carbons (Fsp3) is 0.727. The van der Waals surface area contributed by atoms with E-state index in [1.54, 1.807) is 11.8 Å². The van der Waals surface area contributed by atoms with Gasteiger partial charge in [-0.2, -0.15) is 5.10 Å². The lowest BCUT2D eigenvalue weighted by Gasteiger charge is -2.20. The standard InChI is InChI=1S/C11H23N5O/c1-5-16(6-7-17-4)8-10-9(2)14-15(3)11(10)13-12/h13H,5-8,12H2,1-4H3. The van der Waals surface area contributed by atoms with Crippen molar-refractivity contribution in [2.24, 2.45) is 12.9 Å². The van der Waals surface area contributed by atoms with Crippen molar-refractivity contribution in [1.82, 2.24) is 14.7 Å². The Kier molecular flexibility index (Phi) is 5.40. The first kappa shape index (κ1) is 14.0. The first-order valence-electron chi connectivity index (χ1n) is 5.84. The SMILES string of the molecule is CCN(CCOC)Cc1c(C)nn(C)c1NN. The van der Waals surface area contributed by atoms with Crippen LogP contribution in [0.5, 0.6) is 0 Å². The zero-order valence-corrected chi connectivity index (χ0v) is 11.2. The summed E-state index contributed by atoms with van der Waals surface area (Å²) in [5.41, 5.74) is 4.87. The van der Waals surface area contributed by atoms with Gasteiger partial charge < -0.3 is 10.2 Å². The summed E-state index contributed by atoms with van der Waals surface area (Å²) in [5, 5.41) is 4.37. The van der Waals surface area contributed by atoms with Gasteiger partial charge in [-0.05, 0) is 13.5 Å². The summed E-state index contributed by atoms with van der Waals surface area (Å²) in [6.07, 6.45) is 0. The van der Waals surface area contributed by atoms with E-state index < -0.39 is 0 Å². The van der Waals surface area contributed by atoms with E-state index >= 15 is 0 Å². The normalized spacial score (nSPS) is 11.2. The molecule has 0 atom stereocenters. The minimum absolute atomic E-state index is 0.735. The fourth-order valence-corrected chi connectivity index (χ4v) is 1.86. The van der Waals surface area contributed by atoms with Gasteiger partial charge in [0.15, 0.2) is 0 Å². The predicted molar refractivity (Wildman–Crippen MR) is 68.6 cm³/mol. The van der Waals surface area contributed by atoms with Crippen LogP contribution in [0.3, 0.4) is 0 Å². The molecular formula is C11H23N5O. The van der Waals surface area contributed by atoms with Gasteiger partial charge in [0.1, 0.15) is 5.82 Å². The maximum absolute atomic E-state index is 5.53. The maximum atomic E-state index is 5.53. The third-order valence-corrected chi connectivity index (χ3v) is 2.92. The lowest BCUT2D eigenvalue weighted by molar-refractivity contribution is 0.147. The number of methoxy groups -OCH3 is 1. The van der Waals surface area contributed by atoms with Crippen LogP contribution in [0, 0.1) is 6.92 Å². The van der Waals surface area contributed by atoms with Crippen molar-refractivity contribution in [3.63, 3.8) is 0 Å². The van der Waals surface area contributed by atoms with Gasteiger partial charge in [0.25, 0.3) is 0 Å². The van der Waals surface area contributed by atoms with Crippen molar-refractivity contribution in [2.75, 3.05) is 32.2 Å². The number of hydrogen-bond acceptors (Lipinski definition) is 5. The van der Waals surface area contributed by atoms with Crippen LogP contribution in [0.4, 0.5) is 5.82 Å². The topological polar surface area (TPSA) is 68.3 Å². The van der Waals surface area contributed by atoms with E-state index in [0.29, 0.717) is 0 Å². The molecule has 98 valence electrons. The molecule has 6 nitrogen and oxygen atoms in total. The number of nitrogens with one attached hydrogen (secondary N) is 1. The molecule has 0 saturated heterocycles. The Balaban J connectivity index is 2.77. The summed E-state index contributed by atoms with van der Waals surface area (Å²) in [6.45, 7) is 7.59. The third kappa shape index (κ3) is 3.42. The van der Waals surface area contributed by atoms with Crippen molar-refractivity contribution >= 4 is 5.82 Å². The van der Waals surface area contributed by atoms with E-state index in [1.807, 2.05) is 14.0 Å². The number of hydrazine groups is 1. The average molecular weight is 241 g/mol. The number of nitrogens with zero attached hydrogens (tertiary/aromatic N) is 3. The molecule has 0 aromatic carbocycles. The fourth-order valence-electron chi connectivity index (χ4n) is 1.86. The Hall–Kier alpha value is -1.11. The van der Waals surface area contributed by atoms with Crippen LogP contribution in [-0.2, 0) is 18.3 Å². The van der Waals surface area contributed by atoms with Gasteiger partial charge in [0.05, 0.1) is 12.3 Å². The molecule has 0 radical (unpaired) electrons. The van der Waals surface area contributed by atoms with Crippen LogP contribution in [0.25, 0.3) is 0 Å². The largest absolute Gasteiger partial charge is 0.383 e. The lowest BCUT2D eigenvalue weighted by Crippen LogP contribution is -2.27. The van der Waals surface area contributed by atoms with Crippen molar-refractivity contribution in [3.05, 3.63) is 11.3 Å². The predicted octanol–water partition coefficient (Wildman–Crippen LogP) is 0.482. The van der Waals surface area contributed by atoms with Gasteiger partial charge in [0, 0.05) is 32.8 Å². The molecule has 1 rings (SSSR count). The molecule has 0 fully saturated rings. The molecule has 0 spiro atoms. The molecule has 0 amide bonds. The highest BCUT2D eigenvalue weighted by Crippen LogP contribution is 2.19. The quantitative estimate of drug-likeness (QED) is 0.537. The van der Waals surface area contributed by atoms with Gasteiger partial charge in [-0.25, -0.2) is 5.84 Å². The molecule has 0 aliphatic rings. The maximum Gasteiger partial charge on any atom is 0.142 e. The number of ether oxygens (including phenoxy) is 1. The molecule has 17 heavy (non-hydrogen) atoms. The van der Waals surface area contributed by atoms with Crippen LogP contribution in [-0.4, -0.2) is 41.5 Å². The zero-order chi connectivity index (χ0) is 12.8. The molecular weight excluding hydrogens is 218 g/mol. The van der Waals surface area contributed by atoms with Crippen LogP contribution < -0.4 is 11.3 Å². The van der Waals surface area contributed by atoms with Gasteiger partial charge in [-0.3, -0.25) is 9.58 Å². The lowest BCUT2D eigenvalue weighted by atomic mass is 10.2. The highest BCUT2D eigenvalue weighted by atomic mass is 16.5. The number of aryl methyl sites for hydroxylation is 2. The van der Waals surface area contributed by atoms with Crippen LogP contribution in [0.2, 0.25) is 0 Å². The number of hydrogen-bond donors (Lipinski definition) is 2. The van der Waals surface area contributed by atoms with E-state index in [2.05, 4.69) is 22.3 Å². The molecule has 1 aromatic heterocycles. The second kappa shape index (κ2) is 6.58. The third-order valence-electron chi connectivity index (χ3n) is 2.92. The highest BCUT2D eigenvalue weighted by Gasteiger charge is 2.14. The number of rotatable bonds is 7. The zero-order valence-electron chi connectivity index (χ0n) is 11.2. The Bertz CT molecular complexity index is 350. The highest BCUT2D eigenvalue weighted by molar-refractivity contribution is 5.46. The van der Waals surface area contributed by atoms with Crippen molar-refractivity contribution < 1.29 is 4.74 Å². The summed E-state index contributed by atoms with van der Waals surface area (Å²) in [6, 6.07) is 0. The number of nitrogens with two attached hydrogens (primary N) is 1. The minimum Gasteiger partial charge on any atom is -0.383 e. The first-order valence-corrected chi connectivity index (χ1v) is 5.84. The summed E-state index contributed by atoms with van der Waals surface area (Å²) in [7, 11) is 3.60. The number of aromatic nitrogens is 2. The second-order valence-electron chi connectivity index (χ2n) is 4.04. The molecule has 0 aliphatic carbocycles. The van der Waals surface area contributed by atoms with E-state index in [9.17, 15) is 0 Å². The van der Waals surface area contributed by atoms with Crippen LogP contribution in [0.1, 0.15) is 18.2 Å².